The van der Waals surface area contributed by atoms with Crippen molar-refractivity contribution in [3.8, 4) is 5.75 Å². The summed E-state index contributed by atoms with van der Waals surface area (Å²) in [7, 11) is 1.65. The normalized spacial score (nSPS) is 10.8. The average Bonchev–Trinajstić information content (AvgIpc) is 2.88. The maximum Gasteiger partial charge on any atom is 0.165 e. The summed E-state index contributed by atoms with van der Waals surface area (Å²) >= 11 is 7.27. The van der Waals surface area contributed by atoms with E-state index in [9.17, 15) is 4.39 Å². The molecule has 0 amide bonds. The van der Waals surface area contributed by atoms with Gasteiger partial charge in [0.25, 0.3) is 0 Å². The van der Waals surface area contributed by atoms with Crippen molar-refractivity contribution < 1.29 is 13.9 Å². The van der Waals surface area contributed by atoms with Crippen molar-refractivity contribution in [2.24, 2.45) is 0 Å². The highest BCUT2D eigenvalue weighted by molar-refractivity contribution is 7.16. The van der Waals surface area contributed by atoms with Crippen LogP contribution in [0.1, 0.15) is 10.4 Å². The van der Waals surface area contributed by atoms with Crippen molar-refractivity contribution in [2.45, 2.75) is 13.2 Å². The van der Waals surface area contributed by atoms with Crippen LogP contribution in [0.25, 0.3) is 0 Å². The van der Waals surface area contributed by atoms with E-state index in [1.807, 2.05) is 12.1 Å². The van der Waals surface area contributed by atoms with Gasteiger partial charge in [0.1, 0.15) is 6.61 Å². The second kappa shape index (κ2) is 8.34. The Morgan fingerprint density at radius 3 is 2.81 bits per heavy atom. The highest BCUT2D eigenvalue weighted by Gasteiger charge is 2.06. The first kappa shape index (κ1) is 16.2. The summed E-state index contributed by atoms with van der Waals surface area (Å²) in [6.45, 7) is 2.28. The molecule has 0 spiro atoms. The molecule has 0 aliphatic heterocycles. The van der Waals surface area contributed by atoms with Crippen LogP contribution in [-0.4, -0.2) is 20.3 Å². The second-order valence-electron chi connectivity index (χ2n) is 4.43. The molecule has 1 N–H and O–H groups in total. The number of benzene rings is 1. The van der Waals surface area contributed by atoms with Crippen LogP contribution in [0.4, 0.5) is 4.39 Å². The van der Waals surface area contributed by atoms with E-state index in [4.69, 9.17) is 21.1 Å². The lowest BCUT2D eigenvalue weighted by molar-refractivity contribution is 0.199. The molecule has 0 atom stereocenters. The largest absolute Gasteiger partial charge is 0.485 e. The minimum atomic E-state index is -0.358. The van der Waals surface area contributed by atoms with Crippen LogP contribution in [0.3, 0.4) is 0 Å². The summed E-state index contributed by atoms with van der Waals surface area (Å²) in [5.41, 5.74) is 0.870. The van der Waals surface area contributed by atoms with Crippen LogP contribution >= 0.6 is 22.9 Å². The molecule has 0 fully saturated rings. The maximum absolute atomic E-state index is 13.9. The summed E-state index contributed by atoms with van der Waals surface area (Å²) in [6, 6.07) is 8.66. The number of halogens is 2. The Labute approximate surface area is 132 Å². The van der Waals surface area contributed by atoms with E-state index in [-0.39, 0.29) is 11.6 Å². The maximum atomic E-state index is 13.9. The summed E-state index contributed by atoms with van der Waals surface area (Å²) in [6.07, 6.45) is 0. The quantitative estimate of drug-likeness (QED) is 0.746. The molecule has 2 rings (SSSR count). The van der Waals surface area contributed by atoms with Crippen LogP contribution in [0.2, 0.25) is 4.34 Å². The van der Waals surface area contributed by atoms with Crippen LogP contribution in [0.5, 0.6) is 5.75 Å². The standard InChI is InChI=1S/C15H17ClFNO2S/c1-19-7-6-18-9-11-2-4-14(13(17)8-11)20-10-12-3-5-15(16)21-12/h2-5,8,18H,6-7,9-10H2,1H3. The van der Waals surface area contributed by atoms with E-state index in [2.05, 4.69) is 5.32 Å². The van der Waals surface area contributed by atoms with Crippen LogP contribution < -0.4 is 10.1 Å². The third-order valence-corrected chi connectivity index (χ3v) is 4.01. The van der Waals surface area contributed by atoms with E-state index < -0.39 is 0 Å². The van der Waals surface area contributed by atoms with E-state index in [0.29, 0.717) is 24.1 Å². The van der Waals surface area contributed by atoms with Crippen LogP contribution in [-0.2, 0) is 17.9 Å². The van der Waals surface area contributed by atoms with E-state index in [0.717, 1.165) is 17.0 Å². The molecular weight excluding hydrogens is 313 g/mol. The van der Waals surface area contributed by atoms with Gasteiger partial charge in [-0.25, -0.2) is 4.39 Å². The minimum Gasteiger partial charge on any atom is -0.485 e. The van der Waals surface area contributed by atoms with Crippen molar-refractivity contribution in [1.29, 1.82) is 0 Å². The highest BCUT2D eigenvalue weighted by Crippen LogP contribution is 2.24. The molecule has 0 aliphatic rings. The molecule has 21 heavy (non-hydrogen) atoms. The minimum absolute atomic E-state index is 0.250. The molecule has 2 aromatic rings. The van der Waals surface area contributed by atoms with Crippen molar-refractivity contribution >= 4 is 22.9 Å². The van der Waals surface area contributed by atoms with E-state index >= 15 is 0 Å². The molecule has 3 nitrogen and oxygen atoms in total. The summed E-state index contributed by atoms with van der Waals surface area (Å²) in [5.74, 6) is -0.108. The molecule has 1 heterocycles. The Morgan fingerprint density at radius 1 is 1.29 bits per heavy atom. The predicted molar refractivity (Wildman–Crippen MR) is 83.6 cm³/mol. The molecule has 1 aromatic carbocycles. The lowest BCUT2D eigenvalue weighted by atomic mass is 10.2. The number of hydrogen-bond acceptors (Lipinski definition) is 4. The third-order valence-electron chi connectivity index (χ3n) is 2.81. The number of ether oxygens (including phenoxy) is 2. The number of rotatable bonds is 8. The van der Waals surface area contributed by atoms with Gasteiger partial charge in [-0.05, 0) is 29.8 Å². The Morgan fingerprint density at radius 2 is 2.14 bits per heavy atom. The Balaban J connectivity index is 1.86. The molecule has 0 saturated heterocycles. The first-order valence-corrected chi connectivity index (χ1v) is 7.73. The Bertz CT molecular complexity index is 577. The van der Waals surface area contributed by atoms with Gasteiger partial charge in [-0.2, -0.15) is 0 Å². The SMILES string of the molecule is COCCNCc1ccc(OCc2ccc(Cl)s2)c(F)c1. The lowest BCUT2D eigenvalue weighted by Gasteiger charge is -2.08. The highest BCUT2D eigenvalue weighted by atomic mass is 35.5. The van der Waals surface area contributed by atoms with Gasteiger partial charge in [0, 0.05) is 25.1 Å². The van der Waals surface area contributed by atoms with Gasteiger partial charge in [0.05, 0.1) is 10.9 Å². The Kier molecular flexibility index (Phi) is 6.45. The number of methoxy groups -OCH3 is 1. The molecule has 0 radical (unpaired) electrons. The fourth-order valence-electron chi connectivity index (χ4n) is 1.76. The van der Waals surface area contributed by atoms with E-state index in [1.165, 1.54) is 17.4 Å². The smallest absolute Gasteiger partial charge is 0.165 e. The van der Waals surface area contributed by atoms with Gasteiger partial charge in [0.2, 0.25) is 0 Å². The van der Waals surface area contributed by atoms with Gasteiger partial charge in [0.15, 0.2) is 11.6 Å². The summed E-state index contributed by atoms with van der Waals surface area (Å²) in [4.78, 5) is 0.963. The van der Waals surface area contributed by atoms with Crippen molar-refractivity contribution in [3.63, 3.8) is 0 Å². The van der Waals surface area contributed by atoms with Gasteiger partial charge in [-0.3, -0.25) is 0 Å². The molecular formula is C15H17ClFNO2S. The molecule has 0 aliphatic carbocycles. The van der Waals surface area contributed by atoms with Crippen LogP contribution in [0, 0.1) is 5.82 Å². The monoisotopic (exact) mass is 329 g/mol. The number of nitrogens with one attached hydrogen (secondary N) is 1. The lowest BCUT2D eigenvalue weighted by Crippen LogP contribution is -2.18. The summed E-state index contributed by atoms with van der Waals surface area (Å²) < 4.78 is 25.0. The first-order valence-electron chi connectivity index (χ1n) is 6.54. The van der Waals surface area contributed by atoms with Gasteiger partial charge in [-0.15, -0.1) is 11.3 Å². The molecule has 1 aromatic heterocycles. The molecule has 0 bridgehead atoms. The zero-order valence-electron chi connectivity index (χ0n) is 11.7. The van der Waals surface area contributed by atoms with Gasteiger partial charge >= 0.3 is 0 Å². The Hall–Kier alpha value is -1.14. The topological polar surface area (TPSA) is 30.5 Å². The van der Waals surface area contributed by atoms with Crippen LogP contribution in [0.15, 0.2) is 30.3 Å². The summed E-state index contributed by atoms with van der Waals surface area (Å²) in [5, 5.41) is 3.16. The van der Waals surface area contributed by atoms with Gasteiger partial charge < -0.3 is 14.8 Å². The average molecular weight is 330 g/mol. The fraction of sp³-hybridized carbons (Fsp3) is 0.333. The third kappa shape index (κ3) is 5.28. The van der Waals surface area contributed by atoms with Crippen molar-refractivity contribution in [1.82, 2.24) is 5.32 Å². The predicted octanol–water partition coefficient (Wildman–Crippen LogP) is 3.86. The van der Waals surface area contributed by atoms with E-state index in [1.54, 1.807) is 19.2 Å². The zero-order chi connectivity index (χ0) is 15.1. The zero-order valence-corrected chi connectivity index (χ0v) is 13.3. The molecule has 0 saturated carbocycles. The second-order valence-corrected chi connectivity index (χ2v) is 6.23. The first-order chi connectivity index (χ1) is 10.2. The molecule has 114 valence electrons. The number of thiophene rings is 1. The number of hydrogen-bond donors (Lipinski definition) is 1. The molecule has 6 heteroatoms. The molecule has 0 unspecified atom stereocenters. The van der Waals surface area contributed by atoms with Crippen molar-refractivity contribution in [2.75, 3.05) is 20.3 Å². The van der Waals surface area contributed by atoms with Crippen molar-refractivity contribution in [3.05, 3.63) is 50.9 Å². The fourth-order valence-corrected chi connectivity index (χ4v) is 2.76. The van der Waals surface area contributed by atoms with Gasteiger partial charge in [-0.1, -0.05) is 17.7 Å².